The molecule has 2 aliphatic heterocycles. The van der Waals surface area contributed by atoms with E-state index in [2.05, 4.69) is 26.4 Å². The zero-order valence-electron chi connectivity index (χ0n) is 25.9. The summed E-state index contributed by atoms with van der Waals surface area (Å²) in [5, 5.41) is 0.311. The lowest BCUT2D eigenvalue weighted by Gasteiger charge is -2.43. The van der Waals surface area contributed by atoms with Crippen LogP contribution in [-0.4, -0.2) is 55.5 Å². The van der Waals surface area contributed by atoms with Crippen LogP contribution in [-0.2, 0) is 11.2 Å². The van der Waals surface area contributed by atoms with Crippen LogP contribution in [0.25, 0.3) is 38.8 Å². The van der Waals surface area contributed by atoms with Crippen molar-refractivity contribution in [2.45, 2.75) is 59.0 Å². The van der Waals surface area contributed by atoms with Crippen molar-refractivity contribution in [2.24, 2.45) is 0 Å². The molecule has 0 saturated carbocycles. The number of hydrogen-bond acceptors (Lipinski definition) is 5. The zero-order valence-corrected chi connectivity index (χ0v) is 25.9. The van der Waals surface area contributed by atoms with E-state index in [0.29, 0.717) is 69.7 Å². The van der Waals surface area contributed by atoms with Gasteiger partial charge >= 0.3 is 0 Å². The van der Waals surface area contributed by atoms with Gasteiger partial charge in [-0.3, -0.25) is 19.1 Å². The molecule has 0 radical (unpaired) electrons. The first-order valence-corrected chi connectivity index (χ1v) is 15.2. The fraction of sp³-hybridized carbons (Fsp3) is 0.314. The van der Waals surface area contributed by atoms with E-state index in [-0.39, 0.29) is 40.5 Å². The smallest absolute Gasteiger partial charge is 0.261 e. The molecule has 3 aromatic heterocycles. The third kappa shape index (κ3) is 4.14. The summed E-state index contributed by atoms with van der Waals surface area (Å²) in [7, 11) is 0. The van der Waals surface area contributed by atoms with Crippen molar-refractivity contribution in [2.75, 3.05) is 18.0 Å². The van der Waals surface area contributed by atoms with Gasteiger partial charge in [-0.2, -0.15) is 0 Å². The highest BCUT2D eigenvalue weighted by atomic mass is 19.1. The van der Waals surface area contributed by atoms with Crippen molar-refractivity contribution in [3.05, 3.63) is 93.8 Å². The number of nitrogens with zero attached hydrogens (tertiary/aromatic N) is 5. The number of benzene rings is 2. The third-order valence-corrected chi connectivity index (χ3v) is 9.42. The number of nitrogens with one attached hydrogen (secondary N) is 1. The molecule has 2 aromatic carbocycles. The summed E-state index contributed by atoms with van der Waals surface area (Å²) in [5.41, 5.74) is 4.36. The first kappa shape index (κ1) is 28.9. The quantitative estimate of drug-likeness (QED) is 0.250. The fourth-order valence-electron chi connectivity index (χ4n) is 7.32. The third-order valence-electron chi connectivity index (χ3n) is 9.42. The number of piperazine rings is 1. The number of imidazole rings is 1. The van der Waals surface area contributed by atoms with E-state index in [4.69, 9.17) is 0 Å². The monoisotopic (exact) mass is 608 g/mol. The molecular weight excluding hydrogens is 574 g/mol. The maximum absolute atomic E-state index is 17.5. The lowest BCUT2D eigenvalue weighted by atomic mass is 9.94. The second-order valence-electron chi connectivity index (χ2n) is 12.5. The average molecular weight is 609 g/mol. The van der Waals surface area contributed by atoms with Gasteiger partial charge in [0.2, 0.25) is 5.91 Å². The molecule has 5 aromatic rings. The number of carbonyl (C=O) groups excluding carboxylic acids is 1. The molecule has 10 heteroatoms. The molecule has 0 bridgehead atoms. The van der Waals surface area contributed by atoms with E-state index in [1.54, 1.807) is 30.2 Å². The van der Waals surface area contributed by atoms with Crippen molar-refractivity contribution >= 4 is 33.5 Å². The van der Waals surface area contributed by atoms with Gasteiger partial charge in [-0.15, -0.1) is 0 Å². The Bertz CT molecular complexity index is 2130. The number of H-pyrrole nitrogens is 1. The van der Waals surface area contributed by atoms with Crippen LogP contribution in [0.15, 0.2) is 54.2 Å². The van der Waals surface area contributed by atoms with Crippen molar-refractivity contribution in [1.29, 1.82) is 0 Å². The molecule has 45 heavy (non-hydrogen) atoms. The number of pyridine rings is 2. The Labute approximate surface area is 259 Å². The summed E-state index contributed by atoms with van der Waals surface area (Å²) < 4.78 is 35.4. The number of carbonyl (C=O) groups is 1. The maximum atomic E-state index is 17.5. The van der Waals surface area contributed by atoms with Gasteiger partial charge in [0.15, 0.2) is 5.82 Å². The number of aromatic amines is 1. The summed E-state index contributed by atoms with van der Waals surface area (Å²) >= 11 is 0. The number of aromatic nitrogens is 4. The Balaban J connectivity index is 1.61. The van der Waals surface area contributed by atoms with Gasteiger partial charge in [0, 0.05) is 48.3 Å². The van der Waals surface area contributed by atoms with Crippen LogP contribution in [0, 0.1) is 25.5 Å². The Hall–Kier alpha value is -4.86. The lowest BCUT2D eigenvalue weighted by Crippen LogP contribution is -2.57. The van der Waals surface area contributed by atoms with Gasteiger partial charge in [-0.1, -0.05) is 26.5 Å². The molecule has 2 aliphatic rings. The molecule has 230 valence electrons. The number of anilines is 1. The summed E-state index contributed by atoms with van der Waals surface area (Å²) in [4.78, 5) is 43.3. The normalized spacial score (nSPS) is 17.8. The molecule has 1 N–H and O–H groups in total. The van der Waals surface area contributed by atoms with Crippen LogP contribution in [0.4, 0.5) is 14.5 Å². The summed E-state index contributed by atoms with van der Waals surface area (Å²) in [5.74, 6) is -1.84. The van der Waals surface area contributed by atoms with Crippen LogP contribution in [0.2, 0.25) is 0 Å². The molecule has 7 rings (SSSR count). The van der Waals surface area contributed by atoms with E-state index in [1.165, 1.54) is 23.0 Å². The Morgan fingerprint density at radius 1 is 1.09 bits per heavy atom. The molecule has 1 amide bonds. The predicted molar refractivity (Wildman–Crippen MR) is 172 cm³/mol. The average Bonchev–Trinajstić information content (AvgIpc) is 3.63. The summed E-state index contributed by atoms with van der Waals surface area (Å²) in [6.07, 6.45) is 4.82. The standard InChI is InChI=1S/C35H34F2N6O2/c1-7-26(44)41-15-21-12-23-33(42(21)14-20(41)6)22-13-24(36)28(27-18(4)8-9-25-31(27)40-16-39-25)29(37)34(22)43(35(23)45)32-19(5)10-11-38-30(32)17(2)3/h7-11,13,16-17,20-21H,1,12,14-15H2,2-6H3,(H,39,40). The Morgan fingerprint density at radius 3 is 2.60 bits per heavy atom. The topological polar surface area (TPSA) is 87.1 Å². The highest BCUT2D eigenvalue weighted by Gasteiger charge is 2.42. The van der Waals surface area contributed by atoms with Crippen LogP contribution in [0.1, 0.15) is 49.1 Å². The first-order chi connectivity index (χ1) is 21.5. The van der Waals surface area contributed by atoms with E-state index in [9.17, 15) is 9.59 Å². The number of halogens is 2. The molecule has 2 atom stereocenters. The number of amides is 1. The molecule has 1 fully saturated rings. The fourth-order valence-corrected chi connectivity index (χ4v) is 7.32. The van der Waals surface area contributed by atoms with Crippen LogP contribution in [0.5, 0.6) is 0 Å². The van der Waals surface area contributed by atoms with E-state index in [0.717, 1.165) is 5.56 Å². The Morgan fingerprint density at radius 2 is 1.87 bits per heavy atom. The van der Waals surface area contributed by atoms with E-state index < -0.39 is 11.6 Å². The number of aryl methyl sites for hydroxylation is 2. The highest BCUT2D eigenvalue weighted by molar-refractivity contribution is 6.02. The van der Waals surface area contributed by atoms with Gasteiger partial charge in [0.25, 0.3) is 5.56 Å². The molecule has 5 heterocycles. The number of hydrogen-bond donors (Lipinski definition) is 1. The van der Waals surface area contributed by atoms with E-state index >= 15 is 8.78 Å². The largest absolute Gasteiger partial charge is 0.363 e. The first-order valence-electron chi connectivity index (χ1n) is 15.2. The van der Waals surface area contributed by atoms with Crippen LogP contribution < -0.4 is 10.5 Å². The Kier molecular flexibility index (Phi) is 6.65. The number of fused-ring (bicyclic) bond motifs is 6. The molecule has 0 aliphatic carbocycles. The van der Waals surface area contributed by atoms with Gasteiger partial charge in [-0.25, -0.2) is 13.8 Å². The molecule has 8 nitrogen and oxygen atoms in total. The molecule has 2 unspecified atom stereocenters. The van der Waals surface area contributed by atoms with Crippen molar-refractivity contribution in [1.82, 2.24) is 24.4 Å². The van der Waals surface area contributed by atoms with Crippen molar-refractivity contribution < 1.29 is 13.6 Å². The molecule has 1 saturated heterocycles. The second kappa shape index (κ2) is 10.4. The minimum atomic E-state index is -0.835. The van der Waals surface area contributed by atoms with Gasteiger partial charge in [0.05, 0.1) is 51.6 Å². The SMILES string of the molecule is C=CC(=O)N1CC2Cc3c(c4cc(F)c(-c5c(C)ccc6[nH]cnc56)c(F)c4n(-c4c(C)ccnc4C(C)C)c3=O)N2CC1C. The van der Waals surface area contributed by atoms with Gasteiger partial charge in [-0.05, 0) is 62.1 Å². The second-order valence-corrected chi connectivity index (χ2v) is 12.5. The van der Waals surface area contributed by atoms with Crippen LogP contribution >= 0.6 is 0 Å². The lowest BCUT2D eigenvalue weighted by molar-refractivity contribution is -0.128. The molecule has 0 spiro atoms. The summed E-state index contributed by atoms with van der Waals surface area (Å²) in [6.45, 7) is 14.0. The summed E-state index contributed by atoms with van der Waals surface area (Å²) in [6, 6.07) is 6.37. The van der Waals surface area contributed by atoms with Gasteiger partial charge < -0.3 is 14.8 Å². The van der Waals surface area contributed by atoms with Crippen LogP contribution in [0.3, 0.4) is 0 Å². The van der Waals surface area contributed by atoms with Gasteiger partial charge in [0.1, 0.15) is 5.82 Å². The molecular formula is C35H34F2N6O2. The highest BCUT2D eigenvalue weighted by Crippen LogP contribution is 2.45. The van der Waals surface area contributed by atoms with E-state index in [1.807, 2.05) is 33.8 Å². The maximum Gasteiger partial charge on any atom is 0.261 e. The predicted octanol–water partition coefficient (Wildman–Crippen LogP) is 6.10. The van der Waals surface area contributed by atoms with Crippen molar-refractivity contribution in [3.8, 4) is 16.8 Å². The number of rotatable bonds is 4. The van der Waals surface area contributed by atoms with Crippen molar-refractivity contribution in [3.63, 3.8) is 0 Å². The minimum Gasteiger partial charge on any atom is -0.363 e. The zero-order chi connectivity index (χ0) is 31.9. The minimum absolute atomic E-state index is 0.00186.